The fraction of sp³-hybridized carbons (Fsp3) is 0.0556. The lowest BCUT2D eigenvalue weighted by molar-refractivity contribution is 0.112. The van der Waals surface area contributed by atoms with Gasteiger partial charge in [0.25, 0.3) is 0 Å². The molecule has 0 aliphatic heterocycles. The standard InChI is InChI=1S/C18H14N2OS/c1-22-18-19-16(13-8-4-2-5-9-13)15(12-21)17(20-18)14-10-6-3-7-11-14/h2-12H,1H3. The minimum absolute atomic E-state index is 0.523. The molecule has 1 heterocycles. The van der Waals surface area contributed by atoms with Crippen molar-refractivity contribution in [2.45, 2.75) is 5.16 Å². The Hall–Kier alpha value is -2.46. The van der Waals surface area contributed by atoms with Crippen LogP contribution in [0.1, 0.15) is 10.4 Å². The first-order chi connectivity index (χ1) is 10.8. The summed E-state index contributed by atoms with van der Waals surface area (Å²) in [5, 5.41) is 0.656. The molecule has 22 heavy (non-hydrogen) atoms. The molecule has 3 nitrogen and oxygen atoms in total. The van der Waals surface area contributed by atoms with Gasteiger partial charge in [0, 0.05) is 11.1 Å². The Morgan fingerprint density at radius 2 is 1.27 bits per heavy atom. The Bertz CT molecular complexity index is 728. The number of carbonyl (C=O) groups excluding carboxylic acids is 1. The highest BCUT2D eigenvalue weighted by molar-refractivity contribution is 7.98. The maximum atomic E-state index is 11.7. The van der Waals surface area contributed by atoms with E-state index in [1.165, 1.54) is 11.8 Å². The number of aldehydes is 1. The molecule has 0 spiro atoms. The first kappa shape index (κ1) is 14.5. The van der Waals surface area contributed by atoms with E-state index in [9.17, 15) is 4.79 Å². The van der Waals surface area contributed by atoms with Crippen molar-refractivity contribution in [1.29, 1.82) is 0 Å². The molecule has 4 heteroatoms. The van der Waals surface area contributed by atoms with Crippen molar-refractivity contribution in [3.05, 3.63) is 66.2 Å². The molecule has 0 atom stereocenters. The number of nitrogens with zero attached hydrogens (tertiary/aromatic N) is 2. The van der Waals surface area contributed by atoms with E-state index in [0.717, 1.165) is 17.4 Å². The van der Waals surface area contributed by atoms with Crippen LogP contribution in [0.15, 0.2) is 65.8 Å². The second-order valence-corrected chi connectivity index (χ2v) is 5.44. The molecule has 3 aromatic rings. The van der Waals surface area contributed by atoms with E-state index < -0.39 is 0 Å². The summed E-state index contributed by atoms with van der Waals surface area (Å²) < 4.78 is 0. The maximum Gasteiger partial charge on any atom is 0.188 e. The van der Waals surface area contributed by atoms with Gasteiger partial charge in [-0.3, -0.25) is 4.79 Å². The summed E-state index contributed by atoms with van der Waals surface area (Å²) in [5.41, 5.74) is 3.71. The SMILES string of the molecule is CSc1nc(-c2ccccc2)c(C=O)c(-c2ccccc2)n1. The molecule has 0 fully saturated rings. The number of carbonyl (C=O) groups is 1. The largest absolute Gasteiger partial charge is 0.298 e. The number of aromatic nitrogens is 2. The number of rotatable bonds is 4. The summed E-state index contributed by atoms with van der Waals surface area (Å²) in [7, 11) is 0. The summed E-state index contributed by atoms with van der Waals surface area (Å²) in [4.78, 5) is 20.8. The van der Waals surface area contributed by atoms with E-state index in [4.69, 9.17) is 0 Å². The van der Waals surface area contributed by atoms with Crippen LogP contribution in [0.3, 0.4) is 0 Å². The molecule has 0 aliphatic rings. The van der Waals surface area contributed by atoms with Crippen LogP contribution in [0, 0.1) is 0 Å². The summed E-state index contributed by atoms with van der Waals surface area (Å²) >= 11 is 1.47. The second-order valence-electron chi connectivity index (χ2n) is 4.67. The zero-order valence-corrected chi connectivity index (χ0v) is 12.9. The molecule has 0 aliphatic carbocycles. The van der Waals surface area contributed by atoms with Gasteiger partial charge in [-0.2, -0.15) is 0 Å². The first-order valence-electron chi connectivity index (χ1n) is 6.85. The fourth-order valence-corrected chi connectivity index (χ4v) is 2.65. The summed E-state index contributed by atoms with van der Waals surface area (Å²) in [6.45, 7) is 0. The quantitative estimate of drug-likeness (QED) is 0.408. The molecule has 0 bridgehead atoms. The summed E-state index contributed by atoms with van der Waals surface area (Å²) in [5.74, 6) is 0. The lowest BCUT2D eigenvalue weighted by atomic mass is 10.0. The lowest BCUT2D eigenvalue weighted by Gasteiger charge is -2.11. The highest BCUT2D eigenvalue weighted by Crippen LogP contribution is 2.30. The molecule has 0 saturated heterocycles. The van der Waals surface area contributed by atoms with E-state index in [0.29, 0.717) is 22.1 Å². The first-order valence-corrected chi connectivity index (χ1v) is 8.08. The van der Waals surface area contributed by atoms with E-state index >= 15 is 0 Å². The smallest absolute Gasteiger partial charge is 0.188 e. The van der Waals surface area contributed by atoms with Gasteiger partial charge in [0.2, 0.25) is 0 Å². The number of hydrogen-bond donors (Lipinski definition) is 0. The molecule has 0 radical (unpaired) electrons. The minimum Gasteiger partial charge on any atom is -0.298 e. The number of thioether (sulfide) groups is 1. The molecule has 1 aromatic heterocycles. The monoisotopic (exact) mass is 306 g/mol. The van der Waals surface area contributed by atoms with Gasteiger partial charge in [-0.05, 0) is 6.26 Å². The van der Waals surface area contributed by atoms with Crippen LogP contribution in [0.2, 0.25) is 0 Å². The van der Waals surface area contributed by atoms with Crippen molar-refractivity contribution in [2.75, 3.05) is 6.26 Å². The summed E-state index contributed by atoms with van der Waals surface area (Å²) in [6, 6.07) is 19.4. The van der Waals surface area contributed by atoms with Crippen molar-refractivity contribution < 1.29 is 4.79 Å². The van der Waals surface area contributed by atoms with Gasteiger partial charge in [-0.1, -0.05) is 72.4 Å². The van der Waals surface area contributed by atoms with Crippen LogP contribution in [0.25, 0.3) is 22.5 Å². The van der Waals surface area contributed by atoms with Crippen LogP contribution in [-0.4, -0.2) is 22.5 Å². The molecular weight excluding hydrogens is 292 g/mol. The van der Waals surface area contributed by atoms with E-state index in [1.54, 1.807) is 0 Å². The van der Waals surface area contributed by atoms with E-state index in [1.807, 2.05) is 66.9 Å². The van der Waals surface area contributed by atoms with Crippen LogP contribution in [-0.2, 0) is 0 Å². The Morgan fingerprint density at radius 1 is 0.818 bits per heavy atom. The Kier molecular flexibility index (Phi) is 4.30. The summed E-state index contributed by atoms with van der Waals surface area (Å²) in [6.07, 6.45) is 2.77. The van der Waals surface area contributed by atoms with Crippen molar-refractivity contribution >= 4 is 18.0 Å². The average Bonchev–Trinajstić information content (AvgIpc) is 2.62. The van der Waals surface area contributed by atoms with Crippen LogP contribution in [0.5, 0.6) is 0 Å². The maximum absolute atomic E-state index is 11.7. The van der Waals surface area contributed by atoms with Crippen molar-refractivity contribution in [3.63, 3.8) is 0 Å². The fourth-order valence-electron chi connectivity index (χ4n) is 2.28. The third-order valence-electron chi connectivity index (χ3n) is 3.32. The molecular formula is C18H14N2OS. The van der Waals surface area contributed by atoms with Gasteiger partial charge in [-0.25, -0.2) is 9.97 Å². The van der Waals surface area contributed by atoms with E-state index in [2.05, 4.69) is 9.97 Å². The normalized spacial score (nSPS) is 10.4. The zero-order valence-electron chi connectivity index (χ0n) is 12.1. The highest BCUT2D eigenvalue weighted by atomic mass is 32.2. The molecule has 0 unspecified atom stereocenters. The third-order valence-corrected chi connectivity index (χ3v) is 3.87. The zero-order chi connectivity index (χ0) is 15.4. The van der Waals surface area contributed by atoms with E-state index in [-0.39, 0.29) is 0 Å². The highest BCUT2D eigenvalue weighted by Gasteiger charge is 2.16. The molecule has 108 valence electrons. The number of benzene rings is 2. The Labute approximate surface area is 133 Å². The van der Waals surface area contributed by atoms with Crippen LogP contribution in [0.4, 0.5) is 0 Å². The molecule has 0 N–H and O–H groups in total. The predicted octanol–water partition coefficient (Wildman–Crippen LogP) is 4.35. The van der Waals surface area contributed by atoms with Gasteiger partial charge < -0.3 is 0 Å². The Balaban J connectivity index is 2.29. The van der Waals surface area contributed by atoms with Crippen LogP contribution >= 0.6 is 11.8 Å². The topological polar surface area (TPSA) is 42.9 Å². The van der Waals surface area contributed by atoms with Gasteiger partial charge in [-0.15, -0.1) is 0 Å². The van der Waals surface area contributed by atoms with Crippen molar-refractivity contribution in [3.8, 4) is 22.5 Å². The van der Waals surface area contributed by atoms with Crippen molar-refractivity contribution in [1.82, 2.24) is 9.97 Å². The third kappa shape index (κ3) is 2.78. The minimum atomic E-state index is 0.523. The molecule has 3 rings (SSSR count). The van der Waals surface area contributed by atoms with Gasteiger partial charge in [0.15, 0.2) is 11.4 Å². The molecule has 0 amide bonds. The lowest BCUT2D eigenvalue weighted by Crippen LogP contribution is -2.01. The van der Waals surface area contributed by atoms with Crippen molar-refractivity contribution in [2.24, 2.45) is 0 Å². The van der Waals surface area contributed by atoms with Gasteiger partial charge >= 0.3 is 0 Å². The Morgan fingerprint density at radius 3 is 1.64 bits per heavy atom. The molecule has 0 saturated carbocycles. The molecule has 2 aromatic carbocycles. The second kappa shape index (κ2) is 6.54. The number of hydrogen-bond acceptors (Lipinski definition) is 4. The predicted molar refractivity (Wildman–Crippen MR) is 90.1 cm³/mol. The average molecular weight is 306 g/mol. The van der Waals surface area contributed by atoms with Gasteiger partial charge in [0.05, 0.1) is 17.0 Å². The van der Waals surface area contributed by atoms with Gasteiger partial charge in [0.1, 0.15) is 0 Å². The van der Waals surface area contributed by atoms with Crippen LogP contribution < -0.4 is 0 Å².